The van der Waals surface area contributed by atoms with Crippen molar-refractivity contribution in [3.8, 4) is 0 Å². The molecule has 22 heavy (non-hydrogen) atoms. The summed E-state index contributed by atoms with van der Waals surface area (Å²) in [4.78, 5) is 0. The Hall–Kier alpha value is -1.26. The topological polar surface area (TPSA) is 24.5 Å². The molecule has 0 saturated carbocycles. The van der Waals surface area contributed by atoms with Gasteiger partial charge >= 0.3 is 0 Å². The van der Waals surface area contributed by atoms with Gasteiger partial charge in [-0.25, -0.2) is 5.43 Å². The van der Waals surface area contributed by atoms with Crippen LogP contribution in [0.3, 0.4) is 0 Å². The van der Waals surface area contributed by atoms with Crippen LogP contribution in [0.4, 0.5) is 5.69 Å². The first-order valence-electron chi connectivity index (χ1n) is 8.01. The summed E-state index contributed by atoms with van der Waals surface area (Å²) in [7, 11) is 0.480. The molecule has 0 fully saturated rings. The number of benzene rings is 1. The van der Waals surface area contributed by atoms with Crippen LogP contribution in [0.25, 0.3) is 0 Å². The predicted octanol–water partition coefficient (Wildman–Crippen LogP) is 4.80. The SMILES string of the molecule is CN(NCC/C=C(/O[Si](C)(C)C)C(C)(C)C)c1ccccc1. The lowest BCUT2D eigenvalue weighted by atomic mass is 9.93. The molecular weight excluding hydrogens is 288 g/mol. The number of hydrogen-bond donors (Lipinski definition) is 1. The fourth-order valence-electron chi connectivity index (χ4n) is 2.01. The molecule has 1 N–H and O–H groups in total. The standard InChI is InChI=1S/C18H32N2OSi/c1-18(2,3)17(21-22(5,6)7)14-11-15-19-20(4)16-12-9-8-10-13-16/h8-10,12-14,19H,11,15H2,1-7H3/b17-14+. The van der Waals surface area contributed by atoms with Crippen molar-refractivity contribution in [1.29, 1.82) is 0 Å². The Bertz CT molecular complexity index is 472. The van der Waals surface area contributed by atoms with Crippen LogP contribution in [0.15, 0.2) is 42.2 Å². The molecule has 0 aliphatic carbocycles. The zero-order valence-electron chi connectivity index (χ0n) is 15.2. The van der Waals surface area contributed by atoms with Crippen molar-refractivity contribution in [2.45, 2.75) is 46.8 Å². The van der Waals surface area contributed by atoms with Crippen molar-refractivity contribution >= 4 is 14.0 Å². The summed E-state index contributed by atoms with van der Waals surface area (Å²) < 4.78 is 6.25. The first kappa shape index (κ1) is 18.8. The first-order chi connectivity index (χ1) is 10.1. The van der Waals surface area contributed by atoms with Crippen LogP contribution in [-0.4, -0.2) is 21.9 Å². The highest BCUT2D eigenvalue weighted by atomic mass is 28.4. The molecule has 0 spiro atoms. The van der Waals surface area contributed by atoms with E-state index < -0.39 is 8.32 Å². The Morgan fingerprint density at radius 2 is 1.77 bits per heavy atom. The molecule has 3 nitrogen and oxygen atoms in total. The number of rotatable bonds is 7. The normalized spacial score (nSPS) is 13.1. The molecule has 0 saturated heterocycles. The van der Waals surface area contributed by atoms with E-state index in [2.05, 4.69) is 69.1 Å². The summed E-state index contributed by atoms with van der Waals surface area (Å²) in [5.41, 5.74) is 4.64. The summed E-state index contributed by atoms with van der Waals surface area (Å²) in [5, 5.41) is 2.06. The van der Waals surface area contributed by atoms with Crippen molar-refractivity contribution in [3.63, 3.8) is 0 Å². The fourth-order valence-corrected chi connectivity index (χ4v) is 3.06. The number of allylic oxidation sites excluding steroid dienone is 1. The lowest BCUT2D eigenvalue weighted by Gasteiger charge is -2.30. The van der Waals surface area contributed by atoms with Crippen molar-refractivity contribution < 1.29 is 4.43 Å². The molecule has 0 atom stereocenters. The molecule has 0 radical (unpaired) electrons. The zero-order valence-corrected chi connectivity index (χ0v) is 16.2. The van der Waals surface area contributed by atoms with Crippen molar-refractivity contribution in [3.05, 3.63) is 42.2 Å². The summed E-state index contributed by atoms with van der Waals surface area (Å²) in [6.45, 7) is 14.2. The third-order valence-corrected chi connectivity index (χ3v) is 3.95. The highest BCUT2D eigenvalue weighted by molar-refractivity contribution is 6.70. The summed E-state index contributed by atoms with van der Waals surface area (Å²) >= 11 is 0. The Balaban J connectivity index is 2.54. The first-order valence-corrected chi connectivity index (χ1v) is 11.4. The number of hydrogen-bond acceptors (Lipinski definition) is 3. The van der Waals surface area contributed by atoms with E-state index in [0.29, 0.717) is 0 Å². The van der Waals surface area contributed by atoms with Crippen LogP contribution >= 0.6 is 0 Å². The van der Waals surface area contributed by atoms with Crippen LogP contribution in [-0.2, 0) is 4.43 Å². The summed E-state index contributed by atoms with van der Waals surface area (Å²) in [6, 6.07) is 10.3. The molecule has 1 aromatic carbocycles. The van der Waals surface area contributed by atoms with Crippen LogP contribution in [0.2, 0.25) is 19.6 Å². The minimum absolute atomic E-state index is 0.0611. The molecule has 124 valence electrons. The Morgan fingerprint density at radius 3 is 2.27 bits per heavy atom. The van der Waals surface area contributed by atoms with Gasteiger partial charge in [0.15, 0.2) is 0 Å². The number of anilines is 1. The highest BCUT2D eigenvalue weighted by Crippen LogP contribution is 2.29. The number of nitrogens with one attached hydrogen (secondary N) is 1. The number of para-hydroxylation sites is 1. The average molecular weight is 321 g/mol. The van der Waals surface area contributed by atoms with Gasteiger partial charge in [0.25, 0.3) is 0 Å². The molecule has 0 amide bonds. The van der Waals surface area contributed by atoms with Gasteiger partial charge in [0.2, 0.25) is 8.32 Å². The van der Waals surface area contributed by atoms with E-state index in [9.17, 15) is 0 Å². The smallest absolute Gasteiger partial charge is 0.241 e. The van der Waals surface area contributed by atoms with Gasteiger partial charge in [0.05, 0.1) is 11.4 Å². The summed E-state index contributed by atoms with van der Waals surface area (Å²) in [5.74, 6) is 1.12. The maximum absolute atomic E-state index is 6.25. The molecule has 0 bridgehead atoms. The predicted molar refractivity (Wildman–Crippen MR) is 99.4 cm³/mol. The van der Waals surface area contributed by atoms with Gasteiger partial charge in [0, 0.05) is 19.0 Å². The molecule has 0 unspecified atom stereocenters. The minimum Gasteiger partial charge on any atom is -0.547 e. The fraction of sp³-hybridized carbons (Fsp3) is 0.556. The molecule has 0 aliphatic heterocycles. The van der Waals surface area contributed by atoms with Crippen molar-refractivity contribution in [2.75, 3.05) is 18.6 Å². The third-order valence-electron chi connectivity index (χ3n) is 3.12. The van der Waals surface area contributed by atoms with Gasteiger partial charge in [-0.15, -0.1) is 0 Å². The Morgan fingerprint density at radius 1 is 1.18 bits per heavy atom. The van der Waals surface area contributed by atoms with Gasteiger partial charge < -0.3 is 9.43 Å². The van der Waals surface area contributed by atoms with Gasteiger partial charge in [-0.2, -0.15) is 0 Å². The van der Waals surface area contributed by atoms with E-state index in [1.807, 2.05) is 25.2 Å². The zero-order chi connectivity index (χ0) is 16.8. The van der Waals surface area contributed by atoms with E-state index in [1.54, 1.807) is 0 Å². The van der Waals surface area contributed by atoms with E-state index in [4.69, 9.17) is 4.43 Å². The molecule has 0 aliphatic rings. The molecule has 0 aromatic heterocycles. The second kappa shape index (κ2) is 7.84. The van der Waals surface area contributed by atoms with Gasteiger partial charge in [0.1, 0.15) is 0 Å². The molecule has 0 heterocycles. The van der Waals surface area contributed by atoms with E-state index in [0.717, 1.165) is 18.7 Å². The maximum Gasteiger partial charge on any atom is 0.241 e. The van der Waals surface area contributed by atoms with Crippen molar-refractivity contribution in [2.24, 2.45) is 5.41 Å². The summed E-state index contributed by atoms with van der Waals surface area (Å²) in [6.07, 6.45) is 3.19. The van der Waals surface area contributed by atoms with E-state index in [1.165, 1.54) is 5.69 Å². The van der Waals surface area contributed by atoms with E-state index in [-0.39, 0.29) is 5.41 Å². The highest BCUT2D eigenvalue weighted by Gasteiger charge is 2.25. The maximum atomic E-state index is 6.25. The number of nitrogens with zero attached hydrogens (tertiary/aromatic N) is 1. The molecule has 4 heteroatoms. The Kier molecular flexibility index (Phi) is 6.69. The second-order valence-electron chi connectivity index (χ2n) is 7.62. The minimum atomic E-state index is -1.56. The van der Waals surface area contributed by atoms with Gasteiger partial charge in [-0.1, -0.05) is 39.0 Å². The monoisotopic (exact) mass is 320 g/mol. The van der Waals surface area contributed by atoms with Crippen molar-refractivity contribution in [1.82, 2.24) is 5.43 Å². The lowest BCUT2D eigenvalue weighted by molar-refractivity contribution is 0.286. The Labute approximate surface area is 137 Å². The molecular formula is C18H32N2OSi. The largest absolute Gasteiger partial charge is 0.547 e. The van der Waals surface area contributed by atoms with E-state index >= 15 is 0 Å². The van der Waals surface area contributed by atoms with Crippen LogP contribution in [0.5, 0.6) is 0 Å². The van der Waals surface area contributed by atoms with Crippen LogP contribution in [0, 0.1) is 5.41 Å². The average Bonchev–Trinajstić information content (AvgIpc) is 2.40. The molecule has 1 rings (SSSR count). The van der Waals surface area contributed by atoms with Crippen LogP contribution in [0.1, 0.15) is 27.2 Å². The lowest BCUT2D eigenvalue weighted by Crippen LogP contribution is -2.35. The van der Waals surface area contributed by atoms with Gasteiger partial charge in [-0.3, -0.25) is 0 Å². The van der Waals surface area contributed by atoms with Crippen LogP contribution < -0.4 is 10.4 Å². The number of hydrazine groups is 1. The molecule has 1 aromatic rings. The van der Waals surface area contributed by atoms with Gasteiger partial charge in [-0.05, 0) is 44.3 Å². The second-order valence-corrected chi connectivity index (χ2v) is 12.1. The third kappa shape index (κ3) is 7.14. The quantitative estimate of drug-likeness (QED) is 0.338.